The van der Waals surface area contributed by atoms with Gasteiger partial charge in [-0.1, -0.05) is 30.3 Å². The van der Waals surface area contributed by atoms with E-state index in [9.17, 15) is 9.59 Å². The molecule has 1 saturated carbocycles. The molecule has 1 N–H and O–H groups in total. The standard InChI is InChI=1S/C19H25N3O2S/c23-18-17-11-21(10-14-6-7-14)8-9-22(17)19(24)16(20-18)13-25-12-15-4-2-1-3-5-15/h1-5,14,16-17H,6-13H2,(H,20,23)/t16-,17+/m0/s1. The zero-order chi connectivity index (χ0) is 17.2. The maximum absolute atomic E-state index is 12.8. The van der Waals surface area contributed by atoms with Crippen LogP contribution in [0.1, 0.15) is 18.4 Å². The Bertz CT molecular complexity index is 635. The minimum Gasteiger partial charge on any atom is -0.342 e. The lowest BCUT2D eigenvalue weighted by Crippen LogP contribution is -2.69. The van der Waals surface area contributed by atoms with E-state index in [4.69, 9.17) is 0 Å². The average molecular weight is 359 g/mol. The highest BCUT2D eigenvalue weighted by molar-refractivity contribution is 7.98. The number of carbonyl (C=O) groups is 2. The summed E-state index contributed by atoms with van der Waals surface area (Å²) in [5.41, 5.74) is 1.24. The summed E-state index contributed by atoms with van der Waals surface area (Å²) in [6, 6.07) is 9.54. The lowest BCUT2D eigenvalue weighted by Gasteiger charge is -2.45. The van der Waals surface area contributed by atoms with Gasteiger partial charge in [-0.2, -0.15) is 11.8 Å². The topological polar surface area (TPSA) is 52.7 Å². The molecular formula is C19H25N3O2S. The van der Waals surface area contributed by atoms with Crippen LogP contribution in [0.3, 0.4) is 0 Å². The average Bonchev–Trinajstić information content (AvgIpc) is 3.44. The van der Waals surface area contributed by atoms with Crippen molar-refractivity contribution < 1.29 is 9.59 Å². The van der Waals surface area contributed by atoms with Crippen LogP contribution in [0, 0.1) is 5.92 Å². The molecule has 1 aromatic rings. The van der Waals surface area contributed by atoms with Gasteiger partial charge in [-0.3, -0.25) is 14.5 Å². The van der Waals surface area contributed by atoms with Gasteiger partial charge >= 0.3 is 0 Å². The van der Waals surface area contributed by atoms with Crippen LogP contribution < -0.4 is 5.32 Å². The summed E-state index contributed by atoms with van der Waals surface area (Å²) < 4.78 is 0. The second kappa shape index (κ2) is 7.38. The van der Waals surface area contributed by atoms with Crippen molar-refractivity contribution in [3.05, 3.63) is 35.9 Å². The summed E-state index contributed by atoms with van der Waals surface area (Å²) in [5, 5.41) is 2.96. The zero-order valence-corrected chi connectivity index (χ0v) is 15.2. The molecule has 1 aromatic carbocycles. The summed E-state index contributed by atoms with van der Waals surface area (Å²) in [7, 11) is 0. The van der Waals surface area contributed by atoms with E-state index in [1.807, 2.05) is 23.1 Å². The lowest BCUT2D eigenvalue weighted by molar-refractivity contribution is -0.152. The molecule has 2 atom stereocenters. The van der Waals surface area contributed by atoms with Gasteiger partial charge in [0.25, 0.3) is 0 Å². The van der Waals surface area contributed by atoms with Gasteiger partial charge in [0.1, 0.15) is 12.1 Å². The monoisotopic (exact) mass is 359 g/mol. The quantitative estimate of drug-likeness (QED) is 0.833. The molecule has 0 aromatic heterocycles. The third kappa shape index (κ3) is 4.01. The third-order valence-corrected chi connectivity index (χ3v) is 6.38. The van der Waals surface area contributed by atoms with E-state index in [1.165, 1.54) is 18.4 Å². The number of piperazine rings is 2. The number of amides is 2. The van der Waals surface area contributed by atoms with Crippen molar-refractivity contribution in [2.45, 2.75) is 30.7 Å². The fraction of sp³-hybridized carbons (Fsp3) is 0.579. The van der Waals surface area contributed by atoms with Gasteiger partial charge in [-0.15, -0.1) is 0 Å². The van der Waals surface area contributed by atoms with Crippen LogP contribution in [0.15, 0.2) is 30.3 Å². The number of hydrogen-bond acceptors (Lipinski definition) is 4. The van der Waals surface area contributed by atoms with Crippen molar-refractivity contribution in [2.24, 2.45) is 5.92 Å². The minimum atomic E-state index is -0.382. The molecule has 134 valence electrons. The Morgan fingerprint density at radius 2 is 1.92 bits per heavy atom. The second-order valence-electron chi connectivity index (χ2n) is 7.31. The van der Waals surface area contributed by atoms with Gasteiger partial charge in [-0.05, 0) is 24.3 Å². The van der Waals surface area contributed by atoms with Crippen molar-refractivity contribution >= 4 is 23.6 Å². The number of benzene rings is 1. The zero-order valence-electron chi connectivity index (χ0n) is 14.4. The molecule has 3 aliphatic rings. The van der Waals surface area contributed by atoms with E-state index in [2.05, 4.69) is 22.3 Å². The minimum absolute atomic E-state index is 0.0189. The Morgan fingerprint density at radius 3 is 2.68 bits per heavy atom. The summed E-state index contributed by atoms with van der Waals surface area (Å²) in [6.07, 6.45) is 2.63. The second-order valence-corrected chi connectivity index (χ2v) is 8.34. The van der Waals surface area contributed by atoms with Crippen molar-refractivity contribution in [1.29, 1.82) is 0 Å². The molecule has 5 nitrogen and oxygen atoms in total. The Kier molecular flexibility index (Phi) is 4.99. The molecule has 0 radical (unpaired) electrons. The first-order valence-corrected chi connectivity index (χ1v) is 10.3. The first-order chi connectivity index (χ1) is 12.2. The van der Waals surface area contributed by atoms with E-state index in [0.29, 0.717) is 18.8 Å². The fourth-order valence-corrected chi connectivity index (χ4v) is 4.68. The molecule has 25 heavy (non-hydrogen) atoms. The molecule has 6 heteroatoms. The molecule has 2 aliphatic heterocycles. The number of nitrogens with zero attached hydrogens (tertiary/aromatic N) is 2. The van der Waals surface area contributed by atoms with E-state index in [1.54, 1.807) is 11.8 Å². The Morgan fingerprint density at radius 1 is 1.12 bits per heavy atom. The largest absolute Gasteiger partial charge is 0.342 e. The number of fused-ring (bicyclic) bond motifs is 1. The first-order valence-electron chi connectivity index (χ1n) is 9.15. The Balaban J connectivity index is 1.31. The molecule has 2 amide bonds. The van der Waals surface area contributed by atoms with Gasteiger partial charge in [0.05, 0.1) is 0 Å². The van der Waals surface area contributed by atoms with Crippen molar-refractivity contribution in [3.63, 3.8) is 0 Å². The molecule has 2 heterocycles. The van der Waals surface area contributed by atoms with Crippen LogP contribution in [0.4, 0.5) is 0 Å². The molecule has 1 aliphatic carbocycles. The normalized spacial score (nSPS) is 27.1. The molecular weight excluding hydrogens is 334 g/mol. The highest BCUT2D eigenvalue weighted by Gasteiger charge is 2.43. The maximum Gasteiger partial charge on any atom is 0.246 e. The van der Waals surface area contributed by atoms with Gasteiger partial charge in [0.2, 0.25) is 11.8 Å². The summed E-state index contributed by atoms with van der Waals surface area (Å²) >= 11 is 1.70. The third-order valence-electron chi connectivity index (χ3n) is 5.27. The van der Waals surface area contributed by atoms with E-state index in [0.717, 1.165) is 24.8 Å². The van der Waals surface area contributed by atoms with Crippen LogP contribution in [-0.4, -0.2) is 65.6 Å². The number of carbonyl (C=O) groups excluding carboxylic acids is 2. The number of rotatable bonds is 6. The highest BCUT2D eigenvalue weighted by Crippen LogP contribution is 2.30. The van der Waals surface area contributed by atoms with Crippen molar-refractivity contribution in [2.75, 3.05) is 31.9 Å². The summed E-state index contributed by atoms with van der Waals surface area (Å²) in [5.74, 6) is 2.42. The molecule has 0 unspecified atom stereocenters. The molecule has 0 spiro atoms. The summed E-state index contributed by atoms with van der Waals surface area (Å²) in [6.45, 7) is 3.36. The van der Waals surface area contributed by atoms with Crippen LogP contribution in [0.25, 0.3) is 0 Å². The predicted molar refractivity (Wildman–Crippen MR) is 99.2 cm³/mol. The van der Waals surface area contributed by atoms with Crippen molar-refractivity contribution in [3.8, 4) is 0 Å². The lowest BCUT2D eigenvalue weighted by atomic mass is 10.0. The van der Waals surface area contributed by atoms with E-state index < -0.39 is 0 Å². The smallest absolute Gasteiger partial charge is 0.246 e. The predicted octanol–water partition coefficient (Wildman–Crippen LogP) is 1.34. The van der Waals surface area contributed by atoms with Crippen LogP contribution in [0.5, 0.6) is 0 Å². The molecule has 2 saturated heterocycles. The van der Waals surface area contributed by atoms with E-state index in [-0.39, 0.29) is 23.9 Å². The Labute approximate surface area is 153 Å². The van der Waals surface area contributed by atoms with Crippen molar-refractivity contribution in [1.82, 2.24) is 15.1 Å². The van der Waals surface area contributed by atoms with E-state index >= 15 is 0 Å². The Hall–Kier alpha value is -1.53. The molecule has 0 bridgehead atoms. The molecule has 3 fully saturated rings. The van der Waals surface area contributed by atoms with Gasteiger partial charge in [-0.25, -0.2) is 0 Å². The van der Waals surface area contributed by atoms with Crippen LogP contribution in [0.2, 0.25) is 0 Å². The van der Waals surface area contributed by atoms with Gasteiger partial charge in [0.15, 0.2) is 0 Å². The number of nitrogens with one attached hydrogen (secondary N) is 1. The highest BCUT2D eigenvalue weighted by atomic mass is 32.2. The SMILES string of the molecule is O=C1N[C@@H](CSCc2ccccc2)C(=O)N2CCN(CC3CC3)C[C@H]12. The fourth-order valence-electron chi connectivity index (χ4n) is 3.67. The number of hydrogen-bond donors (Lipinski definition) is 1. The van der Waals surface area contributed by atoms with Gasteiger partial charge in [0, 0.05) is 37.7 Å². The summed E-state index contributed by atoms with van der Waals surface area (Å²) in [4.78, 5) is 29.5. The maximum atomic E-state index is 12.8. The number of thioether (sulfide) groups is 1. The first kappa shape index (κ1) is 16.9. The van der Waals surface area contributed by atoms with Crippen LogP contribution in [-0.2, 0) is 15.3 Å². The van der Waals surface area contributed by atoms with Gasteiger partial charge < -0.3 is 10.2 Å². The molecule has 4 rings (SSSR count). The van der Waals surface area contributed by atoms with Crippen LogP contribution >= 0.6 is 11.8 Å².